The molecule has 0 aliphatic carbocycles. The van der Waals surface area contributed by atoms with Gasteiger partial charge in [0.1, 0.15) is 5.75 Å². The second-order valence-electron chi connectivity index (χ2n) is 7.11. The normalized spacial score (nSPS) is 14.6. The molecular formula is C26H20BrNO4. The van der Waals surface area contributed by atoms with Gasteiger partial charge in [0.15, 0.2) is 0 Å². The summed E-state index contributed by atoms with van der Waals surface area (Å²) >= 11 is 3.51. The minimum Gasteiger partial charge on any atom is -0.493 e. The maximum atomic E-state index is 13.5. The Morgan fingerprint density at radius 3 is 2.53 bits per heavy atom. The van der Waals surface area contributed by atoms with E-state index in [1.807, 2.05) is 67.6 Å². The van der Waals surface area contributed by atoms with Crippen molar-refractivity contribution in [3.63, 3.8) is 0 Å². The Bertz CT molecular complexity index is 1250. The molecule has 0 unspecified atom stereocenters. The summed E-state index contributed by atoms with van der Waals surface area (Å²) in [7, 11) is 0. The van der Waals surface area contributed by atoms with E-state index in [1.54, 1.807) is 17.0 Å². The first-order chi connectivity index (χ1) is 15.5. The number of anilines is 1. The average Bonchev–Trinajstić information content (AvgIpc) is 3.12. The lowest BCUT2D eigenvalue weighted by Crippen LogP contribution is -2.25. The molecule has 4 rings (SSSR count). The van der Waals surface area contributed by atoms with Crippen molar-refractivity contribution in [3.8, 4) is 5.75 Å². The molecule has 5 nitrogen and oxygen atoms in total. The van der Waals surface area contributed by atoms with Crippen molar-refractivity contribution in [2.75, 3.05) is 11.5 Å². The summed E-state index contributed by atoms with van der Waals surface area (Å²) in [5.74, 6) is -0.532. The summed E-state index contributed by atoms with van der Waals surface area (Å²) < 4.78 is 6.36. The molecule has 0 saturated heterocycles. The number of carbonyl (C=O) groups is 2. The van der Waals surface area contributed by atoms with Gasteiger partial charge in [0.2, 0.25) is 0 Å². The minimum absolute atomic E-state index is 0.121. The van der Waals surface area contributed by atoms with Crippen molar-refractivity contribution in [2.45, 2.75) is 6.92 Å². The van der Waals surface area contributed by atoms with Gasteiger partial charge in [-0.2, -0.15) is 0 Å². The van der Waals surface area contributed by atoms with Crippen molar-refractivity contribution in [3.05, 3.63) is 106 Å². The van der Waals surface area contributed by atoms with Gasteiger partial charge in [-0.25, -0.2) is 4.79 Å². The Morgan fingerprint density at radius 2 is 1.84 bits per heavy atom. The second kappa shape index (κ2) is 9.24. The molecule has 0 atom stereocenters. The topological polar surface area (TPSA) is 66.8 Å². The highest BCUT2D eigenvalue weighted by atomic mass is 79.9. The number of benzene rings is 3. The van der Waals surface area contributed by atoms with E-state index in [9.17, 15) is 14.7 Å². The lowest BCUT2D eigenvalue weighted by molar-refractivity contribution is -0.113. The summed E-state index contributed by atoms with van der Waals surface area (Å²) in [6.07, 6.45) is 3.64. The monoisotopic (exact) mass is 489 g/mol. The number of carbonyl (C=O) groups excluding carboxylic acids is 1. The van der Waals surface area contributed by atoms with Gasteiger partial charge >= 0.3 is 5.97 Å². The number of hydrogen-bond donors (Lipinski definition) is 1. The number of carboxylic acids is 1. The fourth-order valence-corrected chi connectivity index (χ4v) is 4.04. The summed E-state index contributed by atoms with van der Waals surface area (Å²) in [6.45, 7) is 2.48. The van der Waals surface area contributed by atoms with Crippen LogP contribution in [0.15, 0.2) is 88.9 Å². The SMILES string of the molecule is CCOc1ccc(/C=C2\C=C(c3ccccc3)N(c3cccc(C(=O)O)c3)C2=O)cc1Br. The Balaban J connectivity index is 1.79. The van der Waals surface area contributed by atoms with Crippen LogP contribution in [0.5, 0.6) is 5.75 Å². The molecule has 3 aromatic carbocycles. The van der Waals surface area contributed by atoms with Gasteiger partial charge in [-0.15, -0.1) is 0 Å². The molecule has 1 aliphatic heterocycles. The number of halogens is 1. The zero-order chi connectivity index (χ0) is 22.7. The van der Waals surface area contributed by atoms with E-state index in [1.165, 1.54) is 12.1 Å². The molecule has 0 radical (unpaired) electrons. The molecule has 6 heteroatoms. The van der Waals surface area contributed by atoms with Crippen molar-refractivity contribution >= 4 is 45.3 Å². The van der Waals surface area contributed by atoms with Gasteiger partial charge in [0.05, 0.1) is 28.0 Å². The van der Waals surface area contributed by atoms with Crippen molar-refractivity contribution in [1.82, 2.24) is 0 Å². The highest BCUT2D eigenvalue weighted by Crippen LogP contribution is 2.36. The molecule has 1 N–H and O–H groups in total. The Kier molecular flexibility index (Phi) is 6.23. The lowest BCUT2D eigenvalue weighted by atomic mass is 10.1. The van der Waals surface area contributed by atoms with Crippen molar-refractivity contribution < 1.29 is 19.4 Å². The van der Waals surface area contributed by atoms with Crippen LogP contribution in [0, 0.1) is 0 Å². The zero-order valence-corrected chi connectivity index (χ0v) is 18.9. The van der Waals surface area contributed by atoms with E-state index in [2.05, 4.69) is 15.9 Å². The van der Waals surface area contributed by atoms with E-state index in [0.29, 0.717) is 23.6 Å². The Labute approximate surface area is 194 Å². The largest absolute Gasteiger partial charge is 0.493 e. The first-order valence-corrected chi connectivity index (χ1v) is 10.9. The predicted octanol–water partition coefficient (Wildman–Crippen LogP) is 6.02. The molecular weight excluding hydrogens is 470 g/mol. The number of hydrogen-bond acceptors (Lipinski definition) is 3. The van der Waals surface area contributed by atoms with Crippen LogP contribution in [0.1, 0.15) is 28.4 Å². The number of amides is 1. The van der Waals surface area contributed by atoms with Crippen LogP contribution in [0.4, 0.5) is 5.69 Å². The summed E-state index contributed by atoms with van der Waals surface area (Å²) in [5.41, 5.74) is 3.51. The molecule has 0 saturated carbocycles. The Hall–Kier alpha value is -3.64. The molecule has 0 aromatic heterocycles. The van der Waals surface area contributed by atoms with Gasteiger partial charge in [-0.3, -0.25) is 9.69 Å². The standard InChI is InChI=1S/C26H20BrNO4/c1-2-32-24-12-11-17(14-22(24)27)13-20-16-23(18-7-4-3-5-8-18)28(25(20)29)21-10-6-9-19(15-21)26(30)31/h3-16H,2H2,1H3,(H,30,31)/b20-13+. The maximum absolute atomic E-state index is 13.5. The zero-order valence-electron chi connectivity index (χ0n) is 17.3. The van der Waals surface area contributed by atoms with Crippen molar-refractivity contribution in [1.29, 1.82) is 0 Å². The fourth-order valence-electron chi connectivity index (χ4n) is 3.53. The molecule has 0 bridgehead atoms. The smallest absolute Gasteiger partial charge is 0.335 e. The van der Waals surface area contributed by atoms with Crippen LogP contribution < -0.4 is 9.64 Å². The third-order valence-corrected chi connectivity index (χ3v) is 5.60. The van der Waals surface area contributed by atoms with Gasteiger partial charge in [0, 0.05) is 5.57 Å². The van der Waals surface area contributed by atoms with E-state index < -0.39 is 5.97 Å². The van der Waals surface area contributed by atoms with Crippen LogP contribution in [0.2, 0.25) is 0 Å². The number of nitrogens with zero attached hydrogens (tertiary/aromatic N) is 1. The van der Waals surface area contributed by atoms with Crippen LogP contribution in [0.25, 0.3) is 11.8 Å². The third kappa shape index (κ3) is 4.36. The van der Waals surface area contributed by atoms with Crippen LogP contribution >= 0.6 is 15.9 Å². The van der Waals surface area contributed by atoms with Crippen LogP contribution in [-0.4, -0.2) is 23.6 Å². The first-order valence-electron chi connectivity index (χ1n) is 10.1. The maximum Gasteiger partial charge on any atom is 0.335 e. The average molecular weight is 490 g/mol. The second-order valence-corrected chi connectivity index (χ2v) is 7.97. The number of rotatable bonds is 6. The number of ether oxygens (including phenoxy) is 1. The van der Waals surface area contributed by atoms with Crippen LogP contribution in [0.3, 0.4) is 0 Å². The quantitative estimate of drug-likeness (QED) is 0.430. The highest BCUT2D eigenvalue weighted by molar-refractivity contribution is 9.10. The summed E-state index contributed by atoms with van der Waals surface area (Å²) in [6, 6.07) is 21.6. The van der Waals surface area contributed by atoms with E-state index >= 15 is 0 Å². The van der Waals surface area contributed by atoms with E-state index in [0.717, 1.165) is 21.3 Å². The third-order valence-electron chi connectivity index (χ3n) is 4.98. The highest BCUT2D eigenvalue weighted by Gasteiger charge is 2.30. The summed E-state index contributed by atoms with van der Waals surface area (Å²) in [4.78, 5) is 26.5. The van der Waals surface area contributed by atoms with Crippen LogP contribution in [-0.2, 0) is 4.79 Å². The Morgan fingerprint density at radius 1 is 1.06 bits per heavy atom. The number of carboxylic acid groups (broad SMARTS) is 1. The van der Waals surface area contributed by atoms with E-state index in [-0.39, 0.29) is 11.5 Å². The molecule has 1 aliphatic rings. The number of aromatic carboxylic acids is 1. The van der Waals surface area contributed by atoms with Gasteiger partial charge in [-0.05, 0) is 76.5 Å². The molecule has 0 fully saturated rings. The predicted molar refractivity (Wildman–Crippen MR) is 129 cm³/mol. The first kappa shape index (κ1) is 21.6. The molecule has 32 heavy (non-hydrogen) atoms. The fraction of sp³-hybridized carbons (Fsp3) is 0.0769. The van der Waals surface area contributed by atoms with Gasteiger partial charge < -0.3 is 9.84 Å². The van der Waals surface area contributed by atoms with Gasteiger partial charge in [-0.1, -0.05) is 42.5 Å². The molecule has 160 valence electrons. The molecule has 1 amide bonds. The van der Waals surface area contributed by atoms with E-state index in [4.69, 9.17) is 4.74 Å². The molecule has 1 heterocycles. The lowest BCUT2D eigenvalue weighted by Gasteiger charge is -2.21. The molecule has 3 aromatic rings. The molecule has 0 spiro atoms. The minimum atomic E-state index is -1.04. The summed E-state index contributed by atoms with van der Waals surface area (Å²) in [5, 5.41) is 9.39. The van der Waals surface area contributed by atoms with Crippen molar-refractivity contribution in [2.24, 2.45) is 0 Å². The van der Waals surface area contributed by atoms with Gasteiger partial charge in [0.25, 0.3) is 5.91 Å².